The predicted molar refractivity (Wildman–Crippen MR) is 97.0 cm³/mol. The maximum Gasteiger partial charge on any atom is 0.338 e. The molecule has 1 aliphatic heterocycles. The zero-order chi connectivity index (χ0) is 18.6. The highest BCUT2D eigenvalue weighted by atomic mass is 32.2. The van der Waals surface area contributed by atoms with Gasteiger partial charge >= 0.3 is 5.97 Å². The number of hydrogen-bond acceptors (Lipinski definition) is 6. The standard InChI is InChI=1S/C18H21N3O4S/c1-25-18(22)16-7-3-2-5-15(16)13-26(23,24)21-10-9-20-12-17(21)14-6-4-8-19-11-14/h2-8,11,17,20H,9-10,12-13H2,1H3. The van der Waals surface area contributed by atoms with E-state index in [1.807, 2.05) is 6.07 Å². The van der Waals surface area contributed by atoms with E-state index in [2.05, 4.69) is 10.3 Å². The quantitative estimate of drug-likeness (QED) is 0.794. The Morgan fingerprint density at radius 2 is 2.12 bits per heavy atom. The number of carbonyl (C=O) groups is 1. The number of nitrogens with one attached hydrogen (secondary N) is 1. The number of nitrogens with zero attached hydrogens (tertiary/aromatic N) is 2. The predicted octanol–water partition coefficient (Wildman–Crippen LogP) is 1.34. The van der Waals surface area contributed by atoms with Gasteiger partial charge in [0.15, 0.2) is 0 Å². The highest BCUT2D eigenvalue weighted by molar-refractivity contribution is 7.88. The fourth-order valence-electron chi connectivity index (χ4n) is 3.11. The average Bonchev–Trinajstić information content (AvgIpc) is 2.68. The third-order valence-electron chi connectivity index (χ3n) is 4.38. The van der Waals surface area contributed by atoms with E-state index in [9.17, 15) is 13.2 Å². The van der Waals surface area contributed by atoms with Crippen molar-refractivity contribution in [1.29, 1.82) is 0 Å². The van der Waals surface area contributed by atoms with Crippen LogP contribution in [-0.2, 0) is 20.5 Å². The van der Waals surface area contributed by atoms with Gasteiger partial charge in [0.2, 0.25) is 10.0 Å². The summed E-state index contributed by atoms with van der Waals surface area (Å²) >= 11 is 0. The molecule has 3 rings (SSSR count). The normalized spacial score (nSPS) is 18.4. The molecule has 1 unspecified atom stereocenters. The van der Waals surface area contributed by atoms with Gasteiger partial charge in [-0.05, 0) is 23.3 Å². The van der Waals surface area contributed by atoms with Crippen molar-refractivity contribution in [1.82, 2.24) is 14.6 Å². The Kier molecular flexibility index (Phi) is 5.65. The smallest absolute Gasteiger partial charge is 0.338 e. The minimum absolute atomic E-state index is 0.255. The number of pyridine rings is 1. The first-order valence-corrected chi connectivity index (χ1v) is 9.90. The second kappa shape index (κ2) is 7.94. The molecule has 0 bridgehead atoms. The van der Waals surface area contributed by atoms with E-state index < -0.39 is 16.0 Å². The number of piperazine rings is 1. The highest BCUT2D eigenvalue weighted by Crippen LogP contribution is 2.27. The summed E-state index contributed by atoms with van der Waals surface area (Å²) in [7, 11) is -2.36. The summed E-state index contributed by atoms with van der Waals surface area (Å²) in [6, 6.07) is 9.96. The first-order chi connectivity index (χ1) is 12.5. The van der Waals surface area contributed by atoms with Crippen molar-refractivity contribution in [2.75, 3.05) is 26.7 Å². The highest BCUT2D eigenvalue weighted by Gasteiger charge is 2.34. The zero-order valence-corrected chi connectivity index (χ0v) is 15.3. The topological polar surface area (TPSA) is 88.6 Å². The molecule has 0 radical (unpaired) electrons. The van der Waals surface area contributed by atoms with Gasteiger partial charge in [0.05, 0.1) is 24.5 Å². The third kappa shape index (κ3) is 3.92. The molecule has 138 valence electrons. The molecule has 7 nitrogen and oxygen atoms in total. The fourth-order valence-corrected chi connectivity index (χ4v) is 4.87. The van der Waals surface area contributed by atoms with Crippen LogP contribution in [0.5, 0.6) is 0 Å². The molecule has 8 heteroatoms. The van der Waals surface area contributed by atoms with Crippen LogP contribution >= 0.6 is 0 Å². The molecule has 26 heavy (non-hydrogen) atoms. The molecule has 0 saturated carbocycles. The van der Waals surface area contributed by atoms with E-state index in [1.165, 1.54) is 11.4 Å². The van der Waals surface area contributed by atoms with E-state index >= 15 is 0 Å². The van der Waals surface area contributed by atoms with Gasteiger partial charge in [-0.25, -0.2) is 13.2 Å². The largest absolute Gasteiger partial charge is 0.465 e. The van der Waals surface area contributed by atoms with Gasteiger partial charge in [0.1, 0.15) is 0 Å². The SMILES string of the molecule is COC(=O)c1ccccc1CS(=O)(=O)N1CCNCC1c1cccnc1. The van der Waals surface area contributed by atoms with Gasteiger partial charge < -0.3 is 10.1 Å². The Morgan fingerprint density at radius 3 is 2.85 bits per heavy atom. The van der Waals surface area contributed by atoms with Crippen LogP contribution in [0.3, 0.4) is 0 Å². The molecule has 0 amide bonds. The van der Waals surface area contributed by atoms with Crippen LogP contribution in [0, 0.1) is 0 Å². The van der Waals surface area contributed by atoms with Crippen LogP contribution < -0.4 is 5.32 Å². The van der Waals surface area contributed by atoms with Crippen molar-refractivity contribution in [3.8, 4) is 0 Å². The molecule has 0 spiro atoms. The van der Waals surface area contributed by atoms with E-state index in [4.69, 9.17) is 4.74 Å². The maximum absolute atomic E-state index is 13.1. The molecule has 0 aliphatic carbocycles. The minimum Gasteiger partial charge on any atom is -0.465 e. The molecular weight excluding hydrogens is 354 g/mol. The Labute approximate surface area is 153 Å². The number of methoxy groups -OCH3 is 1. The second-order valence-electron chi connectivity index (χ2n) is 6.02. The molecule has 1 aromatic carbocycles. The summed E-state index contributed by atoms with van der Waals surface area (Å²) in [5, 5.41) is 3.23. The second-order valence-corrected chi connectivity index (χ2v) is 7.94. The summed E-state index contributed by atoms with van der Waals surface area (Å²) in [5.41, 5.74) is 1.54. The maximum atomic E-state index is 13.1. The van der Waals surface area contributed by atoms with Crippen molar-refractivity contribution in [3.05, 3.63) is 65.5 Å². The van der Waals surface area contributed by atoms with E-state index in [0.717, 1.165) is 5.56 Å². The number of benzene rings is 1. The van der Waals surface area contributed by atoms with Crippen molar-refractivity contribution < 1.29 is 17.9 Å². The minimum atomic E-state index is -3.64. The lowest BCUT2D eigenvalue weighted by molar-refractivity contribution is 0.0600. The number of rotatable bonds is 5. The summed E-state index contributed by atoms with van der Waals surface area (Å²) in [6.45, 7) is 1.46. The van der Waals surface area contributed by atoms with Crippen LogP contribution in [0.2, 0.25) is 0 Å². The molecule has 1 aliphatic rings. The van der Waals surface area contributed by atoms with Gasteiger partial charge in [-0.15, -0.1) is 0 Å². The van der Waals surface area contributed by atoms with E-state index in [-0.39, 0.29) is 17.4 Å². The summed E-state index contributed by atoms with van der Waals surface area (Å²) in [4.78, 5) is 16.0. The molecule has 2 heterocycles. The fraction of sp³-hybridized carbons (Fsp3) is 0.333. The molecule has 1 atom stereocenters. The number of ether oxygens (including phenoxy) is 1. The van der Waals surface area contributed by atoms with Crippen molar-refractivity contribution in [2.45, 2.75) is 11.8 Å². The van der Waals surface area contributed by atoms with E-state index in [1.54, 1.807) is 42.7 Å². The van der Waals surface area contributed by atoms with Crippen LogP contribution in [0.4, 0.5) is 0 Å². The lowest BCUT2D eigenvalue weighted by Gasteiger charge is -2.35. The Balaban J connectivity index is 1.91. The Bertz CT molecular complexity index is 871. The van der Waals surface area contributed by atoms with Crippen LogP contribution in [0.15, 0.2) is 48.8 Å². The number of carbonyl (C=O) groups excluding carboxylic acids is 1. The van der Waals surface area contributed by atoms with Crippen molar-refractivity contribution in [2.24, 2.45) is 0 Å². The summed E-state index contributed by atoms with van der Waals surface area (Å²) < 4.78 is 32.5. The molecular formula is C18H21N3O4S. The van der Waals surface area contributed by atoms with Crippen LogP contribution in [0.1, 0.15) is 27.5 Å². The molecule has 1 aromatic heterocycles. The van der Waals surface area contributed by atoms with Crippen molar-refractivity contribution in [3.63, 3.8) is 0 Å². The summed E-state index contributed by atoms with van der Waals surface area (Å²) in [5.74, 6) is -0.797. The Morgan fingerprint density at radius 1 is 1.31 bits per heavy atom. The number of esters is 1. The average molecular weight is 375 g/mol. The first kappa shape index (κ1) is 18.5. The molecule has 2 aromatic rings. The molecule has 1 N–H and O–H groups in total. The van der Waals surface area contributed by atoms with E-state index in [0.29, 0.717) is 25.2 Å². The lowest BCUT2D eigenvalue weighted by atomic mass is 10.1. The summed E-state index contributed by atoms with van der Waals surface area (Å²) in [6.07, 6.45) is 3.34. The molecule has 1 saturated heterocycles. The Hall–Kier alpha value is -2.29. The third-order valence-corrected chi connectivity index (χ3v) is 6.21. The van der Waals surface area contributed by atoms with Gasteiger partial charge in [0.25, 0.3) is 0 Å². The van der Waals surface area contributed by atoms with Gasteiger partial charge in [-0.2, -0.15) is 4.31 Å². The number of hydrogen-bond donors (Lipinski definition) is 1. The van der Waals surface area contributed by atoms with Crippen LogP contribution in [0.25, 0.3) is 0 Å². The first-order valence-electron chi connectivity index (χ1n) is 8.29. The monoisotopic (exact) mass is 375 g/mol. The van der Waals surface area contributed by atoms with Gasteiger partial charge in [0, 0.05) is 32.0 Å². The van der Waals surface area contributed by atoms with Crippen LogP contribution in [-0.4, -0.2) is 50.4 Å². The number of sulfonamides is 1. The van der Waals surface area contributed by atoms with Gasteiger partial charge in [-0.3, -0.25) is 4.98 Å². The molecule has 1 fully saturated rings. The van der Waals surface area contributed by atoms with Gasteiger partial charge in [-0.1, -0.05) is 24.3 Å². The zero-order valence-electron chi connectivity index (χ0n) is 14.5. The number of aromatic nitrogens is 1. The lowest BCUT2D eigenvalue weighted by Crippen LogP contribution is -2.49. The van der Waals surface area contributed by atoms with Crippen molar-refractivity contribution >= 4 is 16.0 Å².